The van der Waals surface area contributed by atoms with Crippen molar-refractivity contribution < 1.29 is 56.2 Å². The van der Waals surface area contributed by atoms with Gasteiger partial charge in [0.15, 0.2) is 0 Å². The maximum Gasteiger partial charge on any atom is 2.00 e. The van der Waals surface area contributed by atoms with Crippen LogP contribution in [-0.2, 0) is 57.2 Å². The second-order valence-corrected chi connectivity index (χ2v) is 34.4. The number of likely N-dealkylation sites (N-methyl/N-ethyl adjacent to an activating group) is 4. The molecule has 3 aromatic heterocycles. The number of aromatic nitrogens is 4. The fraction of sp³-hybridized carbons (Fsp3) is 0.450. The Balaban J connectivity index is 0.00000784. The summed E-state index contributed by atoms with van der Waals surface area (Å²) in [5.74, 6) is 0. The van der Waals surface area contributed by atoms with Crippen LogP contribution in [0.25, 0.3) is 90.9 Å². The monoisotopic (exact) mass is 1570 g/mol. The Hall–Kier alpha value is -6.56. The fourth-order valence-electron chi connectivity index (χ4n) is 15.9. The number of H-pyrrole nitrogens is 2. The Labute approximate surface area is 642 Å². The van der Waals surface area contributed by atoms with Crippen LogP contribution in [0, 0.1) is 83.1 Å². The molecule has 21 nitrogen and oxygen atoms in total. The van der Waals surface area contributed by atoms with Crippen LogP contribution in [0.3, 0.4) is 0 Å². The van der Waals surface area contributed by atoms with Crippen molar-refractivity contribution in [3.8, 4) is 44.5 Å². The van der Waals surface area contributed by atoms with Gasteiger partial charge in [-0.25, -0.2) is 62.5 Å². The predicted octanol–water partition coefficient (Wildman–Crippen LogP) is 12.7. The molecule has 1 radical (unpaired) electrons. The standard InChI is InChI=1S/C80H110N12O8S4.Mn.H2O/c1-21-89(22-2)41-37-81-101(93,94)77-53(13)45-49(9)69(57(77)17)73-61-29-31-63(85-61)74(70-50(10)46-54(14)78(58(70)18)102(95,96)82-38-42-90(23-3)24-4)65-33-35-67(87-65)76(72-52(12)48-56(16)80(60(72)20)104(99,100)84-40-44-92(27-7)28-8)68-36-34-66(88-68)75(64-32-30-62(73)86-64)71-51(11)47-55(15)79(59(71)19)103(97,98)83-39-43-91(25-5)26-6;;/h29-36,45-48,81-85,88H,21-28,37-44H2,1-20H3;;1H2/q;+2;. The van der Waals surface area contributed by atoms with Crippen molar-refractivity contribution in [2.75, 3.05) is 105 Å². The number of sulfonamides is 4. The summed E-state index contributed by atoms with van der Waals surface area (Å²) in [4.78, 5) is 28.2. The van der Waals surface area contributed by atoms with Gasteiger partial charge in [-0.3, -0.25) is 0 Å². The van der Waals surface area contributed by atoms with E-state index in [9.17, 15) is 33.7 Å². The molecule has 2 aliphatic rings. The van der Waals surface area contributed by atoms with Gasteiger partial charge in [-0.05, 0) is 273 Å². The van der Waals surface area contributed by atoms with Gasteiger partial charge in [0, 0.05) is 96.7 Å². The molecular weight excluding hydrogens is 1460 g/mol. The van der Waals surface area contributed by atoms with Crippen molar-refractivity contribution in [2.45, 2.75) is 158 Å². The molecule has 0 amide bonds. The number of hydrogen-bond donors (Lipinski definition) is 6. The van der Waals surface area contributed by atoms with Crippen LogP contribution in [0.15, 0.2) is 68.1 Å². The van der Waals surface area contributed by atoms with E-state index in [1.165, 1.54) is 0 Å². The molecule has 8 N–H and O–H groups in total. The molecule has 0 aliphatic carbocycles. The minimum Gasteiger partial charge on any atom is -0.412 e. The average Bonchev–Trinajstić information content (AvgIpc) is 1.49. The Morgan fingerprint density at radius 2 is 0.481 bits per heavy atom. The molecule has 0 unspecified atom stereocenters. The minimum atomic E-state index is -4.14. The van der Waals surface area contributed by atoms with Crippen molar-refractivity contribution in [1.29, 1.82) is 0 Å². The predicted molar refractivity (Wildman–Crippen MR) is 433 cm³/mol. The normalized spacial score (nSPS) is 12.8. The van der Waals surface area contributed by atoms with Crippen molar-refractivity contribution in [2.24, 2.45) is 0 Å². The molecule has 575 valence electrons. The summed E-state index contributed by atoms with van der Waals surface area (Å²) in [5, 5.41) is 0. The van der Waals surface area contributed by atoms with Crippen molar-refractivity contribution in [3.63, 3.8) is 0 Å². The largest absolute Gasteiger partial charge is 2.00 e. The van der Waals surface area contributed by atoms with Crippen molar-refractivity contribution in [3.05, 3.63) is 138 Å². The molecule has 2 aliphatic heterocycles. The summed E-state index contributed by atoms with van der Waals surface area (Å²) in [6.07, 6.45) is 7.65. The van der Waals surface area contributed by atoms with Crippen LogP contribution < -0.4 is 18.9 Å². The number of fused-ring (bicyclic) bond motifs is 8. The summed E-state index contributed by atoms with van der Waals surface area (Å²) in [6.45, 7) is 47.7. The first-order chi connectivity index (χ1) is 49.2. The maximum absolute atomic E-state index is 15.0. The third-order valence-electron chi connectivity index (χ3n) is 20.9. The average molecular weight is 1570 g/mol. The molecule has 0 atom stereocenters. The van der Waals surface area contributed by atoms with Gasteiger partial charge < -0.3 is 35.0 Å². The Morgan fingerprint density at radius 3 is 0.651 bits per heavy atom. The number of hydrogen-bond acceptors (Lipinski definition) is 14. The van der Waals surface area contributed by atoms with Crippen LogP contribution in [0.5, 0.6) is 0 Å². The van der Waals surface area contributed by atoms with Crippen molar-refractivity contribution in [1.82, 2.24) is 58.4 Å². The molecule has 7 aromatic rings. The zero-order valence-corrected chi connectivity index (χ0v) is 70.1. The number of benzene rings is 4. The van der Waals surface area contributed by atoms with E-state index in [-0.39, 0.29) is 68.3 Å². The van der Waals surface area contributed by atoms with Crippen LogP contribution >= 0.6 is 0 Å². The number of nitrogens with zero attached hydrogens (tertiary/aromatic N) is 6. The molecule has 8 bridgehead atoms. The first-order valence-corrected chi connectivity index (χ1v) is 42.6. The number of nitrogens with one attached hydrogen (secondary N) is 6. The summed E-state index contributed by atoms with van der Waals surface area (Å²) < 4.78 is 132. The second kappa shape index (κ2) is 35.9. The minimum absolute atomic E-state index is 0. The molecule has 0 spiro atoms. The van der Waals surface area contributed by atoms with Crippen LogP contribution in [0.2, 0.25) is 0 Å². The Bertz CT molecular complexity index is 4540. The number of aromatic amines is 2. The van der Waals surface area contributed by atoms with Crippen LogP contribution in [-0.4, -0.2) is 183 Å². The zero-order chi connectivity index (χ0) is 76.2. The van der Waals surface area contributed by atoms with E-state index in [0.717, 1.165) is 74.6 Å². The van der Waals surface area contributed by atoms with Gasteiger partial charge in [0.1, 0.15) is 0 Å². The van der Waals surface area contributed by atoms with Crippen molar-refractivity contribution >= 4 is 86.5 Å². The SMILES string of the molecule is CCN(CC)CCNS(=O)(=O)c1c(C)cc(C)c(-c2c3nc(c(-c4c(C)cc(C)c(S(=O)(=O)NCCN(CC)CC)c4C)c4ccc([nH]4)c(-c4c(C)cc(C)c(S(=O)(=O)NCCN(CC)CC)c4C)c4nc(c(-c5c(C)cc(C)c(S(=O)(=O)NCCN(CC)CC)c5C)c5ccc2[nH]5)C=C4)C=C3)c1C.O.[Mn+2]. The van der Waals surface area contributed by atoms with Gasteiger partial charge in [0.05, 0.1) is 42.4 Å². The molecule has 0 saturated heterocycles. The summed E-state index contributed by atoms with van der Waals surface area (Å²) in [5.41, 5.74) is 16.1. The van der Waals surface area contributed by atoms with Crippen LogP contribution in [0.1, 0.15) is 145 Å². The molecule has 5 heterocycles. The van der Waals surface area contributed by atoms with E-state index in [4.69, 9.17) is 9.97 Å². The number of rotatable bonds is 32. The topological polar surface area (TPSA) is 286 Å². The Morgan fingerprint density at radius 1 is 0.302 bits per heavy atom. The molecule has 9 rings (SSSR count). The summed E-state index contributed by atoms with van der Waals surface area (Å²) >= 11 is 0. The number of aryl methyl sites for hydroxylation is 8. The second-order valence-electron chi connectivity index (χ2n) is 27.6. The smallest absolute Gasteiger partial charge is 0.412 e. The van der Waals surface area contributed by atoms with E-state index in [1.54, 1.807) is 0 Å². The quantitative estimate of drug-likeness (QED) is 0.0214. The van der Waals surface area contributed by atoms with Gasteiger partial charge in [-0.1, -0.05) is 79.7 Å². The van der Waals surface area contributed by atoms with Gasteiger partial charge in [0.25, 0.3) is 0 Å². The third kappa shape index (κ3) is 17.8. The van der Waals surface area contributed by atoms with Gasteiger partial charge in [-0.2, -0.15) is 0 Å². The maximum atomic E-state index is 15.0. The van der Waals surface area contributed by atoms with E-state index in [0.29, 0.717) is 160 Å². The van der Waals surface area contributed by atoms with Gasteiger partial charge in [0.2, 0.25) is 40.1 Å². The third-order valence-corrected chi connectivity index (χ3v) is 27.9. The molecule has 106 heavy (non-hydrogen) atoms. The van der Waals surface area contributed by atoms with E-state index < -0.39 is 40.1 Å². The summed E-state index contributed by atoms with van der Waals surface area (Å²) in [6, 6.07) is 15.4. The van der Waals surface area contributed by atoms with E-state index >= 15 is 0 Å². The molecule has 0 saturated carbocycles. The molecule has 0 fully saturated rings. The molecule has 4 aromatic carbocycles. The van der Waals surface area contributed by atoms with Gasteiger partial charge >= 0.3 is 17.1 Å². The summed E-state index contributed by atoms with van der Waals surface area (Å²) in [7, 11) is -16.6. The Kier molecular flexibility index (Phi) is 29.3. The first-order valence-electron chi connectivity index (χ1n) is 36.7. The van der Waals surface area contributed by atoms with E-state index in [1.807, 2.05) is 211 Å². The van der Waals surface area contributed by atoms with Crippen LogP contribution in [0.4, 0.5) is 0 Å². The zero-order valence-electron chi connectivity index (χ0n) is 65.7. The molecule has 26 heteroatoms. The first kappa shape index (κ1) is 86.7. The van der Waals surface area contributed by atoms with E-state index in [2.05, 4.69) is 48.5 Å². The molecular formula is C80H112MnN12O9S4+2. The fourth-order valence-corrected chi connectivity index (χ4v) is 21.9. The van der Waals surface area contributed by atoms with Gasteiger partial charge in [-0.15, -0.1) is 0 Å².